The summed E-state index contributed by atoms with van der Waals surface area (Å²) in [5, 5.41) is 62.2. The summed E-state index contributed by atoms with van der Waals surface area (Å²) in [4.78, 5) is 58.6. The number of anilines is 2. The van der Waals surface area contributed by atoms with Gasteiger partial charge in [-0.2, -0.15) is 0 Å². The number of hydrogen-bond donors (Lipinski definition) is 6. The number of carbonyl (C=O) groups excluding carboxylic acids is 3. The second-order valence-corrected chi connectivity index (χ2v) is 21.5. The van der Waals surface area contributed by atoms with Crippen molar-refractivity contribution in [2.24, 2.45) is 23.7 Å². The molecule has 4 aliphatic heterocycles. The number of allylic oxidation sites excluding steroid dienone is 2. The Morgan fingerprint density at radius 2 is 1.63 bits per heavy atom. The number of ether oxygens (including phenoxy) is 4. The fourth-order valence-corrected chi connectivity index (χ4v) is 11.5. The Morgan fingerprint density at radius 3 is 2.28 bits per heavy atom. The quantitative estimate of drug-likeness (QED) is 0.0592. The monoisotopic (exact) mass is 1040 g/mol. The first-order valence-corrected chi connectivity index (χ1v) is 25.7. The van der Waals surface area contributed by atoms with Crippen molar-refractivity contribution >= 4 is 45.3 Å². The molecule has 5 aliphatic rings. The fourth-order valence-electron chi connectivity index (χ4n) is 11.5. The Bertz CT molecular complexity index is 3130. The molecule has 404 valence electrons. The molecule has 4 aromatic rings. The van der Waals surface area contributed by atoms with E-state index in [2.05, 4.69) is 5.32 Å². The molecule has 1 saturated carbocycles. The van der Waals surface area contributed by atoms with Crippen LogP contribution in [-0.2, 0) is 30.3 Å². The number of Topliss-reactive ketones (excluding diaryl/α,β-unsaturated/α-hetero) is 1. The number of aliphatic hydroxyl groups is 2. The molecule has 18 heteroatoms. The third kappa shape index (κ3) is 9.86. The van der Waals surface area contributed by atoms with Crippen LogP contribution in [0.15, 0.2) is 53.2 Å². The van der Waals surface area contributed by atoms with E-state index in [9.17, 15) is 44.7 Å². The summed E-state index contributed by atoms with van der Waals surface area (Å²) in [6, 6.07) is 1.64. The molecule has 0 radical (unpaired) electrons. The van der Waals surface area contributed by atoms with Gasteiger partial charge in [-0.1, -0.05) is 45.9 Å². The Balaban J connectivity index is 1.21. The third-order valence-electron chi connectivity index (χ3n) is 16.2. The number of aryl methyl sites for hydroxylation is 2. The number of nitrogens with one attached hydrogen (secondary N) is 1. The van der Waals surface area contributed by atoms with Crippen LogP contribution in [0, 0.1) is 50.3 Å². The number of aromatic nitrogens is 1. The maximum Gasteiger partial charge on any atom is 0.312 e. The van der Waals surface area contributed by atoms with Gasteiger partial charge in [-0.05, 0) is 83.2 Å². The highest BCUT2D eigenvalue weighted by Crippen LogP contribution is 2.56. The zero-order valence-electron chi connectivity index (χ0n) is 44.8. The summed E-state index contributed by atoms with van der Waals surface area (Å²) in [5.74, 6) is -8.87. The van der Waals surface area contributed by atoms with Gasteiger partial charge in [0.2, 0.25) is 0 Å². The lowest BCUT2D eigenvalue weighted by atomic mass is 9.78. The number of pyridine rings is 2. The lowest BCUT2D eigenvalue weighted by Gasteiger charge is -2.38. The largest absolute Gasteiger partial charge is 0.507 e. The lowest BCUT2D eigenvalue weighted by molar-refractivity contribution is -0.160. The van der Waals surface area contributed by atoms with Crippen molar-refractivity contribution in [2.45, 2.75) is 137 Å². The maximum absolute atomic E-state index is 16.3. The van der Waals surface area contributed by atoms with Crippen LogP contribution in [0.25, 0.3) is 16.3 Å². The Hall–Kier alpha value is -6.47. The number of ketones is 1. The third-order valence-corrected chi connectivity index (χ3v) is 16.2. The molecular formula is C57H71FN4O13. The van der Waals surface area contributed by atoms with Crippen LogP contribution in [0.2, 0.25) is 0 Å². The number of phenols is 3. The molecule has 6 heterocycles. The number of phenolic OH excluding ortho intramolecular Hbond substituents is 3. The van der Waals surface area contributed by atoms with Gasteiger partial charge in [0.1, 0.15) is 23.4 Å². The summed E-state index contributed by atoms with van der Waals surface area (Å²) in [5.41, 5.74) is 2.79. The summed E-state index contributed by atoms with van der Waals surface area (Å²) in [6.07, 6.45) is 7.21. The van der Waals surface area contributed by atoms with Crippen molar-refractivity contribution in [3.63, 3.8) is 0 Å². The number of nitrogens with zero attached hydrogens (tertiary/aromatic N) is 3. The van der Waals surface area contributed by atoms with Crippen molar-refractivity contribution in [1.29, 1.82) is 0 Å². The van der Waals surface area contributed by atoms with Gasteiger partial charge in [-0.15, -0.1) is 0 Å². The van der Waals surface area contributed by atoms with E-state index in [1.54, 1.807) is 53.8 Å². The van der Waals surface area contributed by atoms with E-state index in [1.807, 2.05) is 22.8 Å². The van der Waals surface area contributed by atoms with Gasteiger partial charge in [0.15, 0.2) is 11.6 Å². The highest BCUT2D eigenvalue weighted by Gasteiger charge is 2.50. The molecule has 2 aromatic heterocycles. The van der Waals surface area contributed by atoms with E-state index in [0.717, 1.165) is 18.4 Å². The summed E-state index contributed by atoms with van der Waals surface area (Å²) in [6.45, 7) is 16.7. The van der Waals surface area contributed by atoms with Crippen molar-refractivity contribution in [1.82, 2.24) is 9.30 Å². The van der Waals surface area contributed by atoms with Crippen molar-refractivity contribution in [3.8, 4) is 23.0 Å². The molecule has 10 atom stereocenters. The van der Waals surface area contributed by atoms with Crippen LogP contribution in [0.5, 0.6) is 23.0 Å². The number of benzene rings is 2. The minimum atomic E-state index is -2.10. The molecule has 17 nitrogen and oxygen atoms in total. The highest BCUT2D eigenvalue weighted by atomic mass is 19.1. The molecule has 1 aliphatic carbocycles. The van der Waals surface area contributed by atoms with Crippen molar-refractivity contribution in [2.75, 3.05) is 37.5 Å². The van der Waals surface area contributed by atoms with Crippen molar-refractivity contribution < 1.29 is 63.3 Å². The number of aromatic hydroxyl groups is 3. The lowest BCUT2D eigenvalue weighted by Crippen LogP contribution is -2.46. The van der Waals surface area contributed by atoms with Crippen LogP contribution in [0.4, 0.5) is 15.8 Å². The number of esters is 1. The molecule has 9 rings (SSSR count). The van der Waals surface area contributed by atoms with E-state index in [-0.39, 0.29) is 62.6 Å². The van der Waals surface area contributed by atoms with Crippen LogP contribution in [0.1, 0.15) is 112 Å². The predicted molar refractivity (Wildman–Crippen MR) is 281 cm³/mol. The molecular weight excluding hydrogens is 968 g/mol. The molecule has 2 fully saturated rings. The maximum atomic E-state index is 16.3. The molecule has 75 heavy (non-hydrogen) atoms. The van der Waals surface area contributed by atoms with E-state index in [0.29, 0.717) is 47.8 Å². The molecule has 1 unspecified atom stereocenters. The van der Waals surface area contributed by atoms with Gasteiger partial charge in [0.05, 0.1) is 58.6 Å². The first-order valence-electron chi connectivity index (χ1n) is 25.7. The smallest absolute Gasteiger partial charge is 0.312 e. The molecule has 0 spiro atoms. The number of halogens is 1. The van der Waals surface area contributed by atoms with E-state index >= 15 is 4.39 Å². The normalized spacial score (nSPS) is 29.4. The number of carbonyl (C=O) groups is 3. The fraction of sp³-hybridized carbons (Fsp3) is 0.509. The first kappa shape index (κ1) is 54.8. The average molecular weight is 1040 g/mol. The van der Waals surface area contributed by atoms with Gasteiger partial charge < -0.3 is 54.7 Å². The van der Waals surface area contributed by atoms with Gasteiger partial charge in [-0.3, -0.25) is 28.5 Å². The number of methoxy groups -OCH3 is 1. The minimum Gasteiger partial charge on any atom is -0.507 e. The second-order valence-electron chi connectivity index (χ2n) is 21.5. The van der Waals surface area contributed by atoms with E-state index in [4.69, 9.17) is 18.9 Å². The van der Waals surface area contributed by atoms with Crippen molar-refractivity contribution in [3.05, 3.63) is 98.0 Å². The van der Waals surface area contributed by atoms with E-state index < -0.39 is 94.6 Å². The highest BCUT2D eigenvalue weighted by molar-refractivity contribution is 6.22. The zero-order chi connectivity index (χ0) is 54.9. The number of hydrogen-bond acceptors (Lipinski definition) is 15. The van der Waals surface area contributed by atoms with Crippen LogP contribution < -0.4 is 20.5 Å². The Morgan fingerprint density at radius 1 is 0.933 bits per heavy atom. The zero-order valence-corrected chi connectivity index (χ0v) is 44.8. The summed E-state index contributed by atoms with van der Waals surface area (Å²) < 4.78 is 41.6. The number of aliphatic hydroxyl groups excluding tert-OH is 2. The Labute approximate surface area is 435 Å². The standard InChI is InChI=1S/C57H71FN4O13/c1-26-14-13-15-27(2)55(70)59-44-38(24-60(11)36-18-20-61(23-36)46-30(5)45-37(35-16-17-35)22-28(3)56(71)62(45)25-39(46)58)50(67)41-42(51(44)68)49(66)33(8)53-43(41)54(69)57(10,75-53)73-21-19-40(72-12)29(4)52(74-34(9)63)32(7)48(65)31(6)47(26)64/h13-15,19,21-22,25-26,29,31-32,35-36,40,47-48,52,64-68H,16-18,20,23-24H2,1-12H3,(H,59,70)/b14-13+,21-19+,27-15-/t26-,29+,31+,32+,36?,40-,47-,48+,52+,57-/m0/s1. The molecule has 5 bridgehead atoms. The first-order chi connectivity index (χ1) is 35.3. The number of amides is 1. The topological polar surface area (TPSA) is 229 Å². The van der Waals surface area contributed by atoms with Gasteiger partial charge in [0.25, 0.3) is 17.2 Å². The van der Waals surface area contributed by atoms with Crippen LogP contribution >= 0.6 is 0 Å². The predicted octanol–water partition coefficient (Wildman–Crippen LogP) is 7.71. The molecule has 2 aromatic carbocycles. The molecule has 1 amide bonds. The number of likely N-dealkylation sites (N-methyl/N-ethyl adjacent to an activating group) is 1. The van der Waals surface area contributed by atoms with Gasteiger partial charge >= 0.3 is 11.8 Å². The minimum absolute atomic E-state index is 0.00516. The summed E-state index contributed by atoms with van der Waals surface area (Å²) in [7, 11) is 3.22. The van der Waals surface area contributed by atoms with Gasteiger partial charge in [-0.25, -0.2) is 4.39 Å². The summed E-state index contributed by atoms with van der Waals surface area (Å²) >= 11 is 0. The average Bonchev–Trinajstić information content (AvgIpc) is 4.04. The van der Waals surface area contributed by atoms with Crippen LogP contribution in [-0.4, -0.2) is 116 Å². The van der Waals surface area contributed by atoms with Crippen LogP contribution in [0.3, 0.4) is 0 Å². The molecule has 6 N–H and O–H groups in total. The second kappa shape index (κ2) is 20.9. The Kier molecular flexibility index (Phi) is 15.3. The number of rotatable bonds is 7. The SMILES string of the molecule is CO[C@H]1/C=C/O[C@@]2(C)Oc3c(C)c(O)c4c(O)c(c(CN(C)C5CCN(c6c(F)cn7c(=O)c(C)cc(C8CC8)c7c6C)C5)c(O)c4c3C2=O)NC(=O)/C(C)=C\C=C\[C@H](C)[C@H](O)[C@@H](C)[C@@H](O)[C@@H](C)[C@H](OC(C)=O)[C@@H]1C. The number of fused-ring (bicyclic) bond motifs is 15. The van der Waals surface area contributed by atoms with E-state index in [1.165, 1.54) is 63.8 Å². The van der Waals surface area contributed by atoms with Gasteiger partial charge in [0, 0.05) is 98.0 Å². The molecule has 1 saturated heterocycles.